The van der Waals surface area contributed by atoms with Crippen LogP contribution >= 0.6 is 11.3 Å². The summed E-state index contributed by atoms with van der Waals surface area (Å²) in [5.74, 6) is 0. The van der Waals surface area contributed by atoms with Gasteiger partial charge in [0.1, 0.15) is 0 Å². The molecule has 0 saturated heterocycles. The maximum atomic E-state index is 6.12. The number of unbranched alkanes of at least 4 members (excludes halogenated alkanes) is 2. The second kappa shape index (κ2) is 5.47. The molecule has 1 atom stereocenters. The van der Waals surface area contributed by atoms with Crippen molar-refractivity contribution in [1.82, 2.24) is 4.98 Å². The Labute approximate surface area is 90.6 Å². The topological polar surface area (TPSA) is 38.9 Å². The third kappa shape index (κ3) is 3.07. The van der Waals surface area contributed by atoms with Gasteiger partial charge in [-0.25, -0.2) is 4.98 Å². The zero-order valence-electron chi connectivity index (χ0n) is 9.34. The summed E-state index contributed by atoms with van der Waals surface area (Å²) in [4.78, 5) is 5.68. The summed E-state index contributed by atoms with van der Waals surface area (Å²) in [7, 11) is 0. The highest BCUT2D eigenvalue weighted by molar-refractivity contribution is 7.11. The molecule has 0 saturated carbocycles. The fraction of sp³-hybridized carbons (Fsp3) is 0.727. The Hall–Kier alpha value is -0.410. The predicted octanol–water partition coefficient (Wildman–Crippen LogP) is 3.34. The van der Waals surface area contributed by atoms with E-state index in [9.17, 15) is 0 Å². The summed E-state index contributed by atoms with van der Waals surface area (Å²) < 4.78 is 0. The first-order valence-electron chi connectivity index (χ1n) is 5.34. The van der Waals surface area contributed by atoms with E-state index in [-0.39, 0.29) is 6.04 Å². The standard InChI is InChI=1S/C11H20N2S/c1-4-5-6-7-10(12)11-8(2)13-9(3)14-11/h10H,4-7,12H2,1-3H3. The van der Waals surface area contributed by atoms with E-state index >= 15 is 0 Å². The smallest absolute Gasteiger partial charge is 0.0900 e. The molecule has 0 fully saturated rings. The second-order valence-corrected chi connectivity index (χ2v) is 5.02. The summed E-state index contributed by atoms with van der Waals surface area (Å²) in [5.41, 5.74) is 7.24. The molecule has 80 valence electrons. The summed E-state index contributed by atoms with van der Waals surface area (Å²) in [6.45, 7) is 6.31. The molecule has 2 N–H and O–H groups in total. The molecule has 14 heavy (non-hydrogen) atoms. The molecule has 1 heterocycles. The lowest BCUT2D eigenvalue weighted by Crippen LogP contribution is -2.09. The highest BCUT2D eigenvalue weighted by Crippen LogP contribution is 2.26. The molecule has 2 nitrogen and oxygen atoms in total. The van der Waals surface area contributed by atoms with Crippen molar-refractivity contribution in [3.63, 3.8) is 0 Å². The van der Waals surface area contributed by atoms with Gasteiger partial charge in [-0.3, -0.25) is 0 Å². The van der Waals surface area contributed by atoms with Gasteiger partial charge in [0.15, 0.2) is 0 Å². The van der Waals surface area contributed by atoms with Crippen molar-refractivity contribution in [2.24, 2.45) is 5.73 Å². The average molecular weight is 212 g/mol. The van der Waals surface area contributed by atoms with Crippen LogP contribution in [0, 0.1) is 13.8 Å². The fourth-order valence-corrected chi connectivity index (χ4v) is 2.60. The number of aromatic nitrogens is 1. The Balaban J connectivity index is 2.51. The Kier molecular flexibility index (Phi) is 4.55. The van der Waals surface area contributed by atoms with E-state index in [1.54, 1.807) is 11.3 Å². The molecule has 1 aromatic rings. The number of aryl methyl sites for hydroxylation is 2. The molecule has 1 unspecified atom stereocenters. The SMILES string of the molecule is CCCCCC(N)c1sc(C)nc1C. The molecule has 0 amide bonds. The van der Waals surface area contributed by atoms with E-state index in [0.29, 0.717) is 0 Å². The van der Waals surface area contributed by atoms with Crippen molar-refractivity contribution in [1.29, 1.82) is 0 Å². The number of nitrogens with two attached hydrogens (primary N) is 1. The molecular formula is C11H20N2S. The lowest BCUT2D eigenvalue weighted by Gasteiger charge is -2.09. The van der Waals surface area contributed by atoms with Gasteiger partial charge in [-0.05, 0) is 20.3 Å². The molecule has 0 radical (unpaired) electrons. The van der Waals surface area contributed by atoms with Gasteiger partial charge in [-0.2, -0.15) is 0 Å². The van der Waals surface area contributed by atoms with Crippen molar-refractivity contribution < 1.29 is 0 Å². The van der Waals surface area contributed by atoms with Crippen molar-refractivity contribution >= 4 is 11.3 Å². The van der Waals surface area contributed by atoms with Crippen LogP contribution in [0.1, 0.15) is 54.2 Å². The van der Waals surface area contributed by atoms with Crippen LogP contribution in [-0.2, 0) is 0 Å². The van der Waals surface area contributed by atoms with Gasteiger partial charge in [0.2, 0.25) is 0 Å². The Morgan fingerprint density at radius 2 is 2.07 bits per heavy atom. The van der Waals surface area contributed by atoms with Crippen LogP contribution in [-0.4, -0.2) is 4.98 Å². The molecule has 0 aromatic carbocycles. The minimum atomic E-state index is 0.202. The highest BCUT2D eigenvalue weighted by atomic mass is 32.1. The first-order valence-corrected chi connectivity index (χ1v) is 6.16. The van der Waals surface area contributed by atoms with Gasteiger partial charge in [0.25, 0.3) is 0 Å². The molecule has 0 aliphatic carbocycles. The van der Waals surface area contributed by atoms with Gasteiger partial charge < -0.3 is 5.73 Å². The summed E-state index contributed by atoms with van der Waals surface area (Å²) in [6, 6.07) is 0.202. The van der Waals surface area contributed by atoms with E-state index in [2.05, 4.69) is 18.8 Å². The van der Waals surface area contributed by atoms with Crippen molar-refractivity contribution in [2.45, 2.75) is 52.5 Å². The first kappa shape index (κ1) is 11.7. The zero-order chi connectivity index (χ0) is 10.6. The van der Waals surface area contributed by atoms with Crippen LogP contribution in [0.3, 0.4) is 0 Å². The van der Waals surface area contributed by atoms with Gasteiger partial charge >= 0.3 is 0 Å². The van der Waals surface area contributed by atoms with Crippen molar-refractivity contribution in [3.8, 4) is 0 Å². The minimum absolute atomic E-state index is 0.202. The Morgan fingerprint density at radius 3 is 2.57 bits per heavy atom. The quantitative estimate of drug-likeness (QED) is 0.760. The molecular weight excluding hydrogens is 192 g/mol. The van der Waals surface area contributed by atoms with E-state index < -0.39 is 0 Å². The zero-order valence-corrected chi connectivity index (χ0v) is 10.2. The number of thiazole rings is 1. The Morgan fingerprint density at radius 1 is 1.36 bits per heavy atom. The van der Waals surface area contributed by atoms with Gasteiger partial charge in [-0.1, -0.05) is 26.2 Å². The van der Waals surface area contributed by atoms with Crippen LogP contribution in [0.4, 0.5) is 0 Å². The first-order chi connectivity index (χ1) is 6.65. The lowest BCUT2D eigenvalue weighted by atomic mass is 10.1. The van der Waals surface area contributed by atoms with Crippen LogP contribution in [0.2, 0.25) is 0 Å². The molecule has 3 heteroatoms. The molecule has 1 rings (SSSR count). The largest absolute Gasteiger partial charge is 0.323 e. The van der Waals surface area contributed by atoms with Crippen molar-refractivity contribution in [3.05, 3.63) is 15.6 Å². The van der Waals surface area contributed by atoms with Crippen LogP contribution in [0.25, 0.3) is 0 Å². The third-order valence-electron chi connectivity index (χ3n) is 2.39. The molecule has 0 bridgehead atoms. The summed E-state index contributed by atoms with van der Waals surface area (Å²) >= 11 is 1.74. The fourth-order valence-electron chi connectivity index (χ4n) is 1.64. The van der Waals surface area contributed by atoms with Gasteiger partial charge in [0.05, 0.1) is 10.7 Å². The van der Waals surface area contributed by atoms with E-state index in [1.807, 2.05) is 6.92 Å². The van der Waals surface area contributed by atoms with Gasteiger partial charge in [0, 0.05) is 10.9 Å². The number of hydrogen-bond donors (Lipinski definition) is 1. The van der Waals surface area contributed by atoms with Gasteiger partial charge in [-0.15, -0.1) is 11.3 Å². The maximum Gasteiger partial charge on any atom is 0.0900 e. The number of nitrogens with zero attached hydrogens (tertiary/aromatic N) is 1. The molecule has 1 aromatic heterocycles. The molecule has 0 aliphatic rings. The summed E-state index contributed by atoms with van der Waals surface area (Å²) in [5, 5.41) is 1.13. The normalized spacial score (nSPS) is 13.1. The predicted molar refractivity (Wildman–Crippen MR) is 62.7 cm³/mol. The monoisotopic (exact) mass is 212 g/mol. The van der Waals surface area contributed by atoms with Crippen LogP contribution in [0.5, 0.6) is 0 Å². The lowest BCUT2D eigenvalue weighted by molar-refractivity contribution is 0.585. The third-order valence-corrected chi connectivity index (χ3v) is 3.60. The number of rotatable bonds is 5. The summed E-state index contributed by atoms with van der Waals surface area (Å²) in [6.07, 6.45) is 4.86. The maximum absolute atomic E-state index is 6.12. The van der Waals surface area contributed by atoms with E-state index in [1.165, 1.54) is 24.1 Å². The highest BCUT2D eigenvalue weighted by Gasteiger charge is 2.12. The van der Waals surface area contributed by atoms with Crippen LogP contribution in [0.15, 0.2) is 0 Å². The Bertz CT molecular complexity index is 281. The van der Waals surface area contributed by atoms with Crippen molar-refractivity contribution in [2.75, 3.05) is 0 Å². The number of hydrogen-bond acceptors (Lipinski definition) is 3. The van der Waals surface area contributed by atoms with Crippen LogP contribution < -0.4 is 5.73 Å². The van der Waals surface area contributed by atoms with E-state index in [0.717, 1.165) is 17.1 Å². The van der Waals surface area contributed by atoms with E-state index in [4.69, 9.17) is 5.73 Å². The molecule has 0 spiro atoms. The average Bonchev–Trinajstić information content (AvgIpc) is 2.45. The minimum Gasteiger partial charge on any atom is -0.323 e. The molecule has 0 aliphatic heterocycles. The second-order valence-electron chi connectivity index (χ2n) is 3.78.